The molecule has 0 unspecified atom stereocenters. The molecule has 1 aromatic rings. The van der Waals surface area contributed by atoms with Crippen molar-refractivity contribution in [3.8, 4) is 5.75 Å². The molecule has 1 aliphatic heterocycles. The molecule has 0 spiro atoms. The third-order valence-electron chi connectivity index (χ3n) is 4.35. The number of nitrogens with two attached hydrogens (primary N) is 1. The summed E-state index contributed by atoms with van der Waals surface area (Å²) in [7, 11) is 3.45. The number of amides is 1. The molecule has 5 heteroatoms. The predicted molar refractivity (Wildman–Crippen MR) is 84.6 cm³/mol. The molecule has 21 heavy (non-hydrogen) atoms. The molecule has 2 N–H and O–H groups in total. The number of benzene rings is 1. The zero-order chi connectivity index (χ0) is 15.4. The number of likely N-dealkylation sites (tertiary alicyclic amines) is 1. The summed E-state index contributed by atoms with van der Waals surface area (Å²) in [4.78, 5) is 16.8. The maximum Gasteiger partial charge on any atom is 0.253 e. The molecule has 116 valence electrons. The average molecular weight is 291 g/mol. The van der Waals surface area contributed by atoms with Crippen molar-refractivity contribution in [2.24, 2.45) is 0 Å². The van der Waals surface area contributed by atoms with Gasteiger partial charge in [0.25, 0.3) is 5.91 Å². The summed E-state index contributed by atoms with van der Waals surface area (Å²) >= 11 is 0. The van der Waals surface area contributed by atoms with E-state index in [0.717, 1.165) is 32.5 Å². The molecule has 1 fully saturated rings. The van der Waals surface area contributed by atoms with E-state index in [2.05, 4.69) is 11.8 Å². The van der Waals surface area contributed by atoms with Crippen molar-refractivity contribution in [3.63, 3.8) is 0 Å². The zero-order valence-corrected chi connectivity index (χ0v) is 13.1. The number of hydrogen-bond donors (Lipinski definition) is 1. The third-order valence-corrected chi connectivity index (χ3v) is 4.35. The fourth-order valence-corrected chi connectivity index (χ4v) is 2.86. The van der Waals surface area contributed by atoms with E-state index in [1.807, 2.05) is 11.9 Å². The number of nitrogen functional groups attached to an aromatic ring is 1. The van der Waals surface area contributed by atoms with Gasteiger partial charge in [-0.05, 0) is 37.6 Å². The summed E-state index contributed by atoms with van der Waals surface area (Å²) < 4.78 is 5.13. The first-order valence-electron chi connectivity index (χ1n) is 7.49. The highest BCUT2D eigenvalue weighted by Crippen LogP contribution is 2.24. The molecule has 5 nitrogen and oxygen atoms in total. The lowest BCUT2D eigenvalue weighted by atomic mass is 10.0. The maximum atomic E-state index is 12.6. The van der Waals surface area contributed by atoms with Crippen LogP contribution in [-0.2, 0) is 0 Å². The van der Waals surface area contributed by atoms with Gasteiger partial charge < -0.3 is 20.3 Å². The Morgan fingerprint density at radius 1 is 1.43 bits per heavy atom. The number of carbonyl (C=O) groups excluding carboxylic acids is 1. The van der Waals surface area contributed by atoms with Crippen molar-refractivity contribution in [1.29, 1.82) is 0 Å². The van der Waals surface area contributed by atoms with E-state index in [1.54, 1.807) is 25.3 Å². The number of carbonyl (C=O) groups is 1. The molecule has 2 rings (SSSR count). The van der Waals surface area contributed by atoms with E-state index in [-0.39, 0.29) is 5.91 Å². The molecule has 0 aromatic heterocycles. The molecule has 0 aliphatic carbocycles. The van der Waals surface area contributed by atoms with Crippen LogP contribution in [0.3, 0.4) is 0 Å². The number of hydrogen-bond acceptors (Lipinski definition) is 4. The largest absolute Gasteiger partial charge is 0.495 e. The van der Waals surface area contributed by atoms with Crippen molar-refractivity contribution in [1.82, 2.24) is 9.80 Å². The van der Waals surface area contributed by atoms with Gasteiger partial charge in [-0.2, -0.15) is 0 Å². The molecule has 0 atom stereocenters. The van der Waals surface area contributed by atoms with E-state index >= 15 is 0 Å². The molecule has 1 saturated heterocycles. The monoisotopic (exact) mass is 291 g/mol. The lowest BCUT2D eigenvalue weighted by Crippen LogP contribution is -2.45. The Bertz CT molecular complexity index is 496. The number of anilines is 1. The number of nitrogens with zero attached hydrogens (tertiary/aromatic N) is 2. The summed E-state index contributed by atoms with van der Waals surface area (Å²) in [6, 6.07) is 5.52. The second-order valence-electron chi connectivity index (χ2n) is 5.54. The highest BCUT2D eigenvalue weighted by molar-refractivity contribution is 5.95. The van der Waals surface area contributed by atoms with Crippen molar-refractivity contribution in [3.05, 3.63) is 23.8 Å². The van der Waals surface area contributed by atoms with Gasteiger partial charge in [0.05, 0.1) is 12.8 Å². The first-order chi connectivity index (χ1) is 10.1. The summed E-state index contributed by atoms with van der Waals surface area (Å²) in [5.74, 6) is 0.629. The molecule has 0 saturated carbocycles. The number of methoxy groups -OCH3 is 1. The van der Waals surface area contributed by atoms with Gasteiger partial charge in [-0.3, -0.25) is 4.79 Å². The second kappa shape index (κ2) is 6.80. The molecular formula is C16H25N3O2. The van der Waals surface area contributed by atoms with Crippen LogP contribution in [0.4, 0.5) is 5.69 Å². The average Bonchev–Trinajstić information content (AvgIpc) is 2.53. The molecule has 0 bridgehead atoms. The van der Waals surface area contributed by atoms with Crippen LogP contribution in [0.25, 0.3) is 0 Å². The van der Waals surface area contributed by atoms with E-state index < -0.39 is 0 Å². The Morgan fingerprint density at radius 3 is 2.62 bits per heavy atom. The fourth-order valence-electron chi connectivity index (χ4n) is 2.86. The highest BCUT2D eigenvalue weighted by Gasteiger charge is 2.25. The van der Waals surface area contributed by atoms with Crippen LogP contribution in [-0.4, -0.2) is 55.5 Å². The van der Waals surface area contributed by atoms with Crippen molar-refractivity contribution >= 4 is 11.6 Å². The molecular weight excluding hydrogens is 266 g/mol. The summed E-state index contributed by atoms with van der Waals surface area (Å²) in [5, 5.41) is 0. The third kappa shape index (κ3) is 3.47. The molecule has 0 radical (unpaired) electrons. The van der Waals surface area contributed by atoms with Crippen LogP contribution in [0, 0.1) is 0 Å². The lowest BCUT2D eigenvalue weighted by Gasteiger charge is -2.36. The molecule has 1 amide bonds. The molecule has 1 aromatic carbocycles. The molecule has 1 aliphatic rings. The first kappa shape index (κ1) is 15.6. The predicted octanol–water partition coefficient (Wildman–Crippen LogP) is 1.83. The Hall–Kier alpha value is -1.75. The van der Waals surface area contributed by atoms with Crippen LogP contribution in [0.2, 0.25) is 0 Å². The van der Waals surface area contributed by atoms with Gasteiger partial charge in [0.1, 0.15) is 5.75 Å². The van der Waals surface area contributed by atoms with E-state index in [0.29, 0.717) is 23.0 Å². The van der Waals surface area contributed by atoms with Crippen LogP contribution < -0.4 is 10.5 Å². The Kier molecular flexibility index (Phi) is 5.07. The second-order valence-corrected chi connectivity index (χ2v) is 5.54. The number of ether oxygens (including phenoxy) is 1. The first-order valence-corrected chi connectivity index (χ1v) is 7.49. The van der Waals surface area contributed by atoms with Crippen molar-refractivity contribution in [2.75, 3.05) is 39.5 Å². The van der Waals surface area contributed by atoms with Crippen molar-refractivity contribution < 1.29 is 9.53 Å². The van der Waals surface area contributed by atoms with E-state index in [1.165, 1.54) is 0 Å². The topological polar surface area (TPSA) is 58.8 Å². The van der Waals surface area contributed by atoms with Gasteiger partial charge >= 0.3 is 0 Å². The van der Waals surface area contributed by atoms with Gasteiger partial charge in [0.2, 0.25) is 0 Å². The van der Waals surface area contributed by atoms with Crippen LogP contribution in [0.5, 0.6) is 5.75 Å². The standard InChI is InChI=1S/C16H25N3O2/c1-4-19-9-7-13(8-10-19)18(2)16(20)12-5-6-15(21-3)14(17)11-12/h5-6,11,13H,4,7-10,17H2,1-3H3. The minimum Gasteiger partial charge on any atom is -0.495 e. The van der Waals surface area contributed by atoms with Gasteiger partial charge in [0, 0.05) is 31.7 Å². The van der Waals surface area contributed by atoms with Crippen LogP contribution in [0.1, 0.15) is 30.1 Å². The summed E-state index contributed by atoms with van der Waals surface area (Å²) in [6.07, 6.45) is 2.06. The van der Waals surface area contributed by atoms with Gasteiger partial charge in [-0.25, -0.2) is 0 Å². The van der Waals surface area contributed by atoms with Gasteiger partial charge in [-0.15, -0.1) is 0 Å². The summed E-state index contributed by atoms with van der Waals surface area (Å²) in [5.41, 5.74) is 7.00. The van der Waals surface area contributed by atoms with E-state index in [9.17, 15) is 4.79 Å². The zero-order valence-electron chi connectivity index (χ0n) is 13.1. The van der Waals surface area contributed by atoms with Crippen LogP contribution >= 0.6 is 0 Å². The lowest BCUT2D eigenvalue weighted by molar-refractivity contribution is 0.0647. The molecule has 1 heterocycles. The maximum absolute atomic E-state index is 12.6. The fraction of sp³-hybridized carbons (Fsp3) is 0.562. The van der Waals surface area contributed by atoms with Gasteiger partial charge in [0.15, 0.2) is 0 Å². The minimum atomic E-state index is 0.0271. The SMILES string of the molecule is CCN1CCC(N(C)C(=O)c2ccc(OC)c(N)c2)CC1. The smallest absolute Gasteiger partial charge is 0.253 e. The highest BCUT2D eigenvalue weighted by atomic mass is 16.5. The normalized spacial score (nSPS) is 16.7. The quantitative estimate of drug-likeness (QED) is 0.860. The Balaban J connectivity index is 2.04. The summed E-state index contributed by atoms with van der Waals surface area (Å²) in [6.45, 7) is 5.38. The number of piperidine rings is 1. The van der Waals surface area contributed by atoms with E-state index in [4.69, 9.17) is 10.5 Å². The Labute approximate surface area is 126 Å². The van der Waals surface area contributed by atoms with Crippen molar-refractivity contribution in [2.45, 2.75) is 25.8 Å². The minimum absolute atomic E-state index is 0.0271. The number of rotatable bonds is 4. The van der Waals surface area contributed by atoms with Crippen LogP contribution in [0.15, 0.2) is 18.2 Å². The van der Waals surface area contributed by atoms with Gasteiger partial charge in [-0.1, -0.05) is 6.92 Å². The Morgan fingerprint density at radius 2 is 2.10 bits per heavy atom.